The maximum atomic E-state index is 12.6. The first kappa shape index (κ1) is 13.6. The minimum Gasteiger partial charge on any atom is -0.338 e. The van der Waals surface area contributed by atoms with Crippen LogP contribution in [0.15, 0.2) is 12.1 Å². The van der Waals surface area contributed by atoms with Crippen LogP contribution < -0.4 is 10.2 Å². The van der Waals surface area contributed by atoms with Crippen molar-refractivity contribution in [3.63, 3.8) is 0 Å². The fourth-order valence-electron chi connectivity index (χ4n) is 1.61. The summed E-state index contributed by atoms with van der Waals surface area (Å²) < 4.78 is 37.9. The van der Waals surface area contributed by atoms with Gasteiger partial charge < -0.3 is 4.90 Å². The van der Waals surface area contributed by atoms with Crippen LogP contribution in [0, 0.1) is 0 Å². The van der Waals surface area contributed by atoms with Gasteiger partial charge in [0.1, 0.15) is 11.0 Å². The van der Waals surface area contributed by atoms with Crippen molar-refractivity contribution in [3.05, 3.63) is 22.8 Å². The van der Waals surface area contributed by atoms with E-state index >= 15 is 0 Å². The molecule has 0 spiro atoms. The van der Waals surface area contributed by atoms with E-state index in [2.05, 4.69) is 4.98 Å². The Labute approximate surface area is 110 Å². The summed E-state index contributed by atoms with van der Waals surface area (Å²) in [6, 6.07) is 1.43. The summed E-state index contributed by atoms with van der Waals surface area (Å²) in [7, 11) is 0. The summed E-state index contributed by atoms with van der Waals surface area (Å²) >= 11 is 5.52. The summed E-state index contributed by atoms with van der Waals surface area (Å²) in [6.07, 6.45) is -4.58. The maximum absolute atomic E-state index is 12.6. The van der Waals surface area contributed by atoms with Crippen molar-refractivity contribution in [2.24, 2.45) is 0 Å². The van der Waals surface area contributed by atoms with Crippen molar-refractivity contribution in [1.29, 1.82) is 0 Å². The number of carbonyl (C=O) groups is 2. The van der Waals surface area contributed by atoms with E-state index in [9.17, 15) is 22.8 Å². The molecular formula is C10H7ClF3N3O2. The molecule has 2 heterocycles. The molecule has 0 aromatic carbocycles. The lowest BCUT2D eigenvalue weighted by Crippen LogP contribution is -2.51. The van der Waals surface area contributed by atoms with Gasteiger partial charge in [0.05, 0.1) is 18.7 Å². The summed E-state index contributed by atoms with van der Waals surface area (Å²) in [6.45, 7) is -0.507. The molecule has 0 radical (unpaired) electrons. The topological polar surface area (TPSA) is 62.3 Å². The van der Waals surface area contributed by atoms with Gasteiger partial charge in [-0.3, -0.25) is 14.9 Å². The Hall–Kier alpha value is -1.83. The van der Waals surface area contributed by atoms with Gasteiger partial charge in [0.2, 0.25) is 11.8 Å². The van der Waals surface area contributed by atoms with Gasteiger partial charge in [0.15, 0.2) is 0 Å². The number of hydrogen-bond donors (Lipinski definition) is 1. The van der Waals surface area contributed by atoms with E-state index in [0.717, 1.165) is 11.0 Å². The Morgan fingerprint density at radius 1 is 1.21 bits per heavy atom. The Balaban J connectivity index is 2.37. The maximum Gasteiger partial charge on any atom is 0.416 e. The number of amides is 2. The van der Waals surface area contributed by atoms with Gasteiger partial charge >= 0.3 is 6.18 Å². The second-order valence-electron chi connectivity index (χ2n) is 3.86. The highest BCUT2D eigenvalue weighted by atomic mass is 35.5. The quantitative estimate of drug-likeness (QED) is 0.625. The lowest BCUT2D eigenvalue weighted by molar-refractivity contribution is -0.137. The third-order valence-electron chi connectivity index (χ3n) is 2.38. The summed E-state index contributed by atoms with van der Waals surface area (Å²) in [4.78, 5) is 27.2. The molecule has 0 aliphatic carbocycles. The van der Waals surface area contributed by atoms with Crippen molar-refractivity contribution in [3.8, 4) is 0 Å². The molecule has 1 aromatic rings. The standard InChI is InChI=1S/C10H7ClF3N3O2/c11-6-1-5(10(12,13)14)2-7(15-6)17-3-8(18)16-9(19)4-17/h1-2H,3-4H2,(H,16,18,19). The highest BCUT2D eigenvalue weighted by Gasteiger charge is 2.33. The third-order valence-corrected chi connectivity index (χ3v) is 2.57. The number of aromatic nitrogens is 1. The molecule has 1 aliphatic rings. The van der Waals surface area contributed by atoms with Crippen LogP contribution in [0.5, 0.6) is 0 Å². The van der Waals surface area contributed by atoms with Crippen molar-refractivity contribution in [2.75, 3.05) is 18.0 Å². The predicted octanol–water partition coefficient (Wildman–Crippen LogP) is 1.22. The van der Waals surface area contributed by atoms with Gasteiger partial charge in [-0.1, -0.05) is 11.6 Å². The molecule has 1 N–H and O–H groups in total. The van der Waals surface area contributed by atoms with Crippen LogP contribution in [0.2, 0.25) is 5.15 Å². The SMILES string of the molecule is O=C1CN(c2cc(C(F)(F)F)cc(Cl)n2)CC(=O)N1. The molecule has 2 amide bonds. The van der Waals surface area contributed by atoms with Crippen LogP contribution in [0.3, 0.4) is 0 Å². The molecule has 1 saturated heterocycles. The number of hydrogen-bond acceptors (Lipinski definition) is 4. The second-order valence-corrected chi connectivity index (χ2v) is 4.25. The van der Waals surface area contributed by atoms with E-state index in [1.54, 1.807) is 0 Å². The monoisotopic (exact) mass is 293 g/mol. The molecule has 1 fully saturated rings. The number of piperazine rings is 1. The number of anilines is 1. The van der Waals surface area contributed by atoms with Crippen LogP contribution >= 0.6 is 11.6 Å². The second kappa shape index (κ2) is 4.69. The summed E-state index contributed by atoms with van der Waals surface area (Å²) in [5.74, 6) is -1.37. The van der Waals surface area contributed by atoms with Crippen LogP contribution in [0.4, 0.5) is 19.0 Å². The average Bonchev–Trinajstić information content (AvgIpc) is 2.25. The molecular weight excluding hydrogens is 287 g/mol. The molecule has 2 rings (SSSR count). The molecule has 102 valence electrons. The van der Waals surface area contributed by atoms with Crippen LogP contribution in [0.1, 0.15) is 5.56 Å². The highest BCUT2D eigenvalue weighted by Crippen LogP contribution is 2.32. The van der Waals surface area contributed by atoms with Crippen molar-refractivity contribution in [2.45, 2.75) is 6.18 Å². The number of nitrogens with one attached hydrogen (secondary N) is 1. The number of nitrogens with zero attached hydrogens (tertiary/aromatic N) is 2. The molecule has 19 heavy (non-hydrogen) atoms. The van der Waals surface area contributed by atoms with Crippen molar-refractivity contribution >= 4 is 29.2 Å². The molecule has 0 atom stereocenters. The van der Waals surface area contributed by atoms with Crippen molar-refractivity contribution < 1.29 is 22.8 Å². The van der Waals surface area contributed by atoms with E-state index in [0.29, 0.717) is 6.07 Å². The minimum atomic E-state index is -4.58. The zero-order valence-electron chi connectivity index (χ0n) is 9.29. The Morgan fingerprint density at radius 2 is 1.79 bits per heavy atom. The first-order valence-electron chi connectivity index (χ1n) is 5.08. The molecule has 9 heteroatoms. The summed E-state index contributed by atoms with van der Waals surface area (Å²) in [5, 5.41) is 1.68. The van der Waals surface area contributed by atoms with Gasteiger partial charge in [-0.25, -0.2) is 4.98 Å². The Morgan fingerprint density at radius 3 is 2.32 bits per heavy atom. The number of alkyl halides is 3. The third kappa shape index (κ3) is 3.14. The largest absolute Gasteiger partial charge is 0.416 e. The molecule has 0 bridgehead atoms. The van der Waals surface area contributed by atoms with E-state index < -0.39 is 23.6 Å². The Bertz CT molecular complexity index is 531. The van der Waals surface area contributed by atoms with E-state index in [-0.39, 0.29) is 24.1 Å². The normalized spacial score (nSPS) is 16.5. The van der Waals surface area contributed by atoms with Gasteiger partial charge in [-0.2, -0.15) is 13.2 Å². The van der Waals surface area contributed by atoms with Crippen LogP contribution in [0.25, 0.3) is 0 Å². The minimum absolute atomic E-state index is 0.164. The van der Waals surface area contributed by atoms with Gasteiger partial charge in [0.25, 0.3) is 0 Å². The molecule has 0 saturated carbocycles. The number of halogens is 4. The molecule has 5 nitrogen and oxygen atoms in total. The van der Waals surface area contributed by atoms with Gasteiger partial charge in [-0.15, -0.1) is 0 Å². The lowest BCUT2D eigenvalue weighted by atomic mass is 10.2. The summed E-state index contributed by atoms with van der Waals surface area (Å²) in [5.41, 5.74) is -0.985. The fraction of sp³-hybridized carbons (Fsp3) is 0.300. The molecule has 1 aromatic heterocycles. The van der Waals surface area contributed by atoms with E-state index in [4.69, 9.17) is 11.6 Å². The van der Waals surface area contributed by atoms with Crippen LogP contribution in [-0.2, 0) is 15.8 Å². The van der Waals surface area contributed by atoms with Gasteiger partial charge in [-0.05, 0) is 12.1 Å². The van der Waals surface area contributed by atoms with E-state index in [1.807, 2.05) is 5.32 Å². The smallest absolute Gasteiger partial charge is 0.338 e. The Kier molecular flexibility index (Phi) is 3.36. The van der Waals surface area contributed by atoms with Crippen molar-refractivity contribution in [1.82, 2.24) is 10.3 Å². The van der Waals surface area contributed by atoms with Gasteiger partial charge in [0, 0.05) is 0 Å². The number of imide groups is 1. The zero-order chi connectivity index (χ0) is 14.2. The zero-order valence-corrected chi connectivity index (χ0v) is 10.0. The predicted molar refractivity (Wildman–Crippen MR) is 59.6 cm³/mol. The average molecular weight is 294 g/mol. The highest BCUT2D eigenvalue weighted by molar-refractivity contribution is 6.29. The number of rotatable bonds is 1. The first-order valence-corrected chi connectivity index (χ1v) is 5.46. The fourth-order valence-corrected chi connectivity index (χ4v) is 1.81. The van der Waals surface area contributed by atoms with Crippen LogP contribution in [-0.4, -0.2) is 29.9 Å². The first-order chi connectivity index (χ1) is 8.75. The number of pyridine rings is 1. The molecule has 0 unspecified atom stereocenters. The lowest BCUT2D eigenvalue weighted by Gasteiger charge is -2.26. The number of carbonyl (C=O) groups excluding carboxylic acids is 2. The molecule has 1 aliphatic heterocycles. The van der Waals surface area contributed by atoms with E-state index in [1.165, 1.54) is 0 Å².